The van der Waals surface area contributed by atoms with Crippen molar-refractivity contribution in [1.29, 1.82) is 0 Å². The van der Waals surface area contributed by atoms with Crippen molar-refractivity contribution in [3.63, 3.8) is 0 Å². The number of azo groups is 2. The Kier molecular flexibility index (Phi) is 12.6. The Morgan fingerprint density at radius 3 is 1.77 bits per heavy atom. The number of phenols is 1. The fourth-order valence-corrected chi connectivity index (χ4v) is 5.90. The molecule has 0 fully saturated rings. The van der Waals surface area contributed by atoms with E-state index in [1.165, 1.54) is 18.2 Å². The topological polar surface area (TPSA) is 190 Å². The van der Waals surface area contributed by atoms with Gasteiger partial charge in [-0.2, -0.15) is 27.1 Å². The van der Waals surface area contributed by atoms with Gasteiger partial charge in [0.1, 0.15) is 21.2 Å². The third-order valence-corrected chi connectivity index (χ3v) is 8.57. The van der Waals surface area contributed by atoms with Crippen molar-refractivity contribution in [3.05, 3.63) is 102 Å². The molecule has 0 aromatic heterocycles. The van der Waals surface area contributed by atoms with Crippen LogP contribution in [-0.4, -0.2) is 90.2 Å². The summed E-state index contributed by atoms with van der Waals surface area (Å²) in [4.78, 5) is -1.000. The molecule has 0 aliphatic heterocycles. The maximum atomic E-state index is 12.3. The first-order chi connectivity index (χ1) is 21.2. The molecule has 0 unspecified atom stereocenters. The number of hydrogen-bond donors (Lipinski definition) is 4. The maximum absolute atomic E-state index is 12.3. The number of hydrogen-bond acceptors (Lipinski definition) is 10. The van der Waals surface area contributed by atoms with E-state index in [2.05, 4.69) is 25.8 Å². The van der Waals surface area contributed by atoms with Gasteiger partial charge >= 0.3 is 0 Å². The molecule has 0 saturated carbocycles. The van der Waals surface area contributed by atoms with E-state index in [1.54, 1.807) is 57.2 Å². The van der Waals surface area contributed by atoms with Crippen LogP contribution in [0.3, 0.4) is 0 Å². The quantitative estimate of drug-likeness (QED) is 0.0720. The third-order valence-electron chi connectivity index (χ3n) is 6.82. The molecule has 5 aromatic rings. The molecule has 47 heavy (non-hydrogen) atoms. The Bertz CT molecular complexity index is 2250. The molecule has 0 spiro atoms. The molecule has 0 heterocycles. The minimum atomic E-state index is -4.82. The molecule has 2 radical (unpaired) electrons. The Balaban J connectivity index is 0.00000300. The molecular formula is C31H27N5Na2O7S2. The van der Waals surface area contributed by atoms with Gasteiger partial charge in [-0.3, -0.25) is 9.11 Å². The molecule has 0 atom stereocenters. The number of nitrogens with zero attached hydrogens (tertiary/aromatic N) is 4. The largest absolute Gasteiger partial charge is 0.505 e. The fourth-order valence-electron chi connectivity index (χ4n) is 4.53. The summed E-state index contributed by atoms with van der Waals surface area (Å²) < 4.78 is 67.8. The van der Waals surface area contributed by atoms with Crippen LogP contribution in [0.15, 0.2) is 115 Å². The number of rotatable bonds is 8. The van der Waals surface area contributed by atoms with Crippen molar-refractivity contribution in [2.75, 3.05) is 5.32 Å². The first kappa shape index (κ1) is 38.4. The second-order valence-corrected chi connectivity index (χ2v) is 13.0. The molecule has 0 saturated heterocycles. The normalized spacial score (nSPS) is 11.9. The zero-order valence-electron chi connectivity index (χ0n) is 26.2. The minimum Gasteiger partial charge on any atom is -0.505 e. The van der Waals surface area contributed by atoms with Gasteiger partial charge in [-0.15, -0.1) is 10.2 Å². The molecule has 0 amide bonds. The minimum absolute atomic E-state index is 0. The van der Waals surface area contributed by atoms with Crippen LogP contribution >= 0.6 is 0 Å². The van der Waals surface area contributed by atoms with Gasteiger partial charge in [-0.05, 0) is 104 Å². The van der Waals surface area contributed by atoms with E-state index in [0.717, 1.165) is 5.69 Å². The van der Waals surface area contributed by atoms with Crippen molar-refractivity contribution < 1.29 is 31.0 Å². The van der Waals surface area contributed by atoms with Gasteiger partial charge in [0.2, 0.25) is 0 Å². The van der Waals surface area contributed by atoms with E-state index >= 15 is 0 Å². The molecule has 0 bridgehead atoms. The SMILES string of the molecule is Cc1ccc(N=Nc2cc(C)c(N=Nc3c(S(=O)(=O)O)cc4cc(Nc5ccccc5)ccc4c3O)cc2C)c(S(=O)(=O)O)c1.[Na].[Na]. The van der Waals surface area contributed by atoms with Crippen molar-refractivity contribution in [1.82, 2.24) is 0 Å². The zero-order chi connectivity index (χ0) is 32.5. The molecule has 4 N–H and O–H groups in total. The van der Waals surface area contributed by atoms with Crippen LogP contribution in [0.1, 0.15) is 16.7 Å². The molecule has 5 rings (SSSR count). The van der Waals surface area contributed by atoms with E-state index in [4.69, 9.17) is 0 Å². The van der Waals surface area contributed by atoms with Crippen LogP contribution in [0.2, 0.25) is 0 Å². The number of benzene rings is 5. The standard InChI is InChI=1S/C31H27N5O7S2.2Na/c1-18-9-12-25(28(13-18)44(38,39)40)33-34-26-14-20(3)27(15-19(26)2)35-36-30-29(45(41,42)43)17-21-16-23(10-11-24(21)31(30)37)32-22-7-5-4-6-8-22;;/h4-17,32,37H,1-3H3,(H,38,39,40)(H,41,42,43);;. The molecule has 12 nitrogen and oxygen atoms in total. The van der Waals surface area contributed by atoms with Crippen molar-refractivity contribution in [3.8, 4) is 5.75 Å². The molecule has 0 aliphatic rings. The summed E-state index contributed by atoms with van der Waals surface area (Å²) in [7, 11) is -9.35. The summed E-state index contributed by atoms with van der Waals surface area (Å²) in [6, 6.07) is 23.0. The van der Waals surface area contributed by atoms with Crippen molar-refractivity contribution in [2.45, 2.75) is 30.6 Å². The number of fused-ring (bicyclic) bond motifs is 1. The van der Waals surface area contributed by atoms with E-state index in [0.29, 0.717) is 44.5 Å². The molecule has 16 heteroatoms. The molecular weight excluding hydrogens is 664 g/mol. The summed E-state index contributed by atoms with van der Waals surface area (Å²) in [6.45, 7) is 5.06. The number of anilines is 2. The van der Waals surface area contributed by atoms with Gasteiger partial charge in [0.25, 0.3) is 20.2 Å². The second-order valence-electron chi connectivity index (χ2n) is 10.2. The molecule has 232 valence electrons. The second kappa shape index (κ2) is 15.5. The van der Waals surface area contributed by atoms with Crippen molar-refractivity contribution in [2.24, 2.45) is 20.5 Å². The Morgan fingerprint density at radius 1 is 0.596 bits per heavy atom. The summed E-state index contributed by atoms with van der Waals surface area (Å²) in [5, 5.41) is 31.2. The number of aryl methyl sites for hydroxylation is 3. The zero-order valence-corrected chi connectivity index (χ0v) is 31.8. The predicted octanol–water partition coefficient (Wildman–Crippen LogP) is 7.78. The van der Waals surface area contributed by atoms with Gasteiger partial charge < -0.3 is 10.4 Å². The predicted molar refractivity (Wildman–Crippen MR) is 182 cm³/mol. The van der Waals surface area contributed by atoms with Crippen LogP contribution in [-0.2, 0) is 20.2 Å². The van der Waals surface area contributed by atoms with E-state index in [9.17, 15) is 31.0 Å². The Hall–Kier alpha value is -3.02. The Labute approximate surface area is 316 Å². The fraction of sp³-hybridized carbons (Fsp3) is 0.0968. The van der Waals surface area contributed by atoms with Gasteiger partial charge in [0, 0.05) is 75.9 Å². The first-order valence-corrected chi connectivity index (χ1v) is 16.2. The van der Waals surface area contributed by atoms with Gasteiger partial charge in [-0.1, -0.05) is 24.3 Å². The van der Waals surface area contributed by atoms with Crippen molar-refractivity contribution >= 4 is 124 Å². The summed E-state index contributed by atoms with van der Waals surface area (Å²) in [5.74, 6) is -0.484. The maximum Gasteiger partial charge on any atom is 0.296 e. The summed E-state index contributed by atoms with van der Waals surface area (Å²) >= 11 is 0. The number of phenolic OH excluding ortho intramolecular Hbond substituents is 1. The van der Waals surface area contributed by atoms with Gasteiger partial charge in [-0.25, -0.2) is 0 Å². The summed E-state index contributed by atoms with van der Waals surface area (Å²) in [5.41, 5.74) is 3.36. The van der Waals surface area contributed by atoms with Gasteiger partial charge in [0.05, 0.1) is 11.4 Å². The number of nitrogens with one attached hydrogen (secondary N) is 1. The molecule has 5 aromatic carbocycles. The molecule has 0 aliphatic carbocycles. The van der Waals surface area contributed by atoms with E-state index in [-0.39, 0.29) is 69.7 Å². The summed E-state index contributed by atoms with van der Waals surface area (Å²) in [6.07, 6.45) is 0. The average molecular weight is 692 g/mol. The van der Waals surface area contributed by atoms with Gasteiger partial charge in [0.15, 0.2) is 5.75 Å². The number of para-hydroxylation sites is 1. The van der Waals surface area contributed by atoms with Crippen LogP contribution in [0.4, 0.5) is 34.1 Å². The van der Waals surface area contributed by atoms with Crippen LogP contribution in [0.25, 0.3) is 10.8 Å². The smallest absolute Gasteiger partial charge is 0.296 e. The Morgan fingerprint density at radius 2 is 1.17 bits per heavy atom. The monoisotopic (exact) mass is 691 g/mol. The van der Waals surface area contributed by atoms with E-state index < -0.39 is 36.6 Å². The number of aromatic hydroxyl groups is 1. The van der Waals surface area contributed by atoms with Crippen LogP contribution in [0.5, 0.6) is 5.75 Å². The average Bonchev–Trinajstić information content (AvgIpc) is 2.97. The first-order valence-electron chi connectivity index (χ1n) is 13.3. The van der Waals surface area contributed by atoms with Crippen LogP contribution < -0.4 is 5.32 Å². The van der Waals surface area contributed by atoms with E-state index in [1.807, 2.05) is 30.3 Å². The third kappa shape index (κ3) is 9.12. The van der Waals surface area contributed by atoms with Crippen LogP contribution in [0, 0.1) is 20.8 Å².